The Balaban J connectivity index is 1.99. The van der Waals surface area contributed by atoms with Gasteiger partial charge < -0.3 is 14.8 Å². The number of anilines is 1. The van der Waals surface area contributed by atoms with E-state index in [4.69, 9.17) is 9.47 Å². The Labute approximate surface area is 151 Å². The third-order valence-corrected chi connectivity index (χ3v) is 3.62. The highest BCUT2D eigenvalue weighted by Gasteiger charge is 2.18. The molecule has 2 aromatic carbocycles. The fourth-order valence-electron chi connectivity index (χ4n) is 1.88. The van der Waals surface area contributed by atoms with Crippen LogP contribution in [0.3, 0.4) is 0 Å². The number of hydrogen-bond donors (Lipinski definition) is 1. The van der Waals surface area contributed by atoms with Gasteiger partial charge in [0.05, 0.1) is 23.7 Å². The summed E-state index contributed by atoms with van der Waals surface area (Å²) in [7, 11) is 1.37. The summed E-state index contributed by atoms with van der Waals surface area (Å²) in [4.78, 5) is 34.1. The number of carbonyl (C=O) groups excluding carboxylic acids is 2. The Bertz CT molecular complexity index is 807. The molecule has 9 heteroatoms. The number of nitro benzene ring substituents is 1. The van der Waals surface area contributed by atoms with Gasteiger partial charge in [0.1, 0.15) is 11.4 Å². The van der Waals surface area contributed by atoms with E-state index in [-0.39, 0.29) is 22.7 Å². The first-order chi connectivity index (χ1) is 11.9. The average molecular weight is 409 g/mol. The maximum Gasteiger partial charge on any atom is 0.338 e. The molecule has 0 fully saturated rings. The second-order valence-corrected chi connectivity index (χ2v) is 5.69. The van der Waals surface area contributed by atoms with Crippen LogP contribution in [0.5, 0.6) is 5.75 Å². The van der Waals surface area contributed by atoms with E-state index in [1.54, 1.807) is 24.3 Å². The second kappa shape index (κ2) is 8.25. The summed E-state index contributed by atoms with van der Waals surface area (Å²) < 4.78 is 10.6. The van der Waals surface area contributed by atoms with Crippen LogP contribution >= 0.6 is 15.9 Å². The summed E-state index contributed by atoms with van der Waals surface area (Å²) >= 11 is 3.24. The molecule has 1 N–H and O–H groups in total. The van der Waals surface area contributed by atoms with E-state index in [1.807, 2.05) is 0 Å². The topological polar surface area (TPSA) is 108 Å². The number of ether oxygens (including phenoxy) is 2. The highest BCUT2D eigenvalue weighted by molar-refractivity contribution is 9.10. The van der Waals surface area contributed by atoms with Crippen LogP contribution in [-0.2, 0) is 9.53 Å². The number of nitrogens with zero attached hydrogens (tertiary/aromatic N) is 1. The lowest BCUT2D eigenvalue weighted by Gasteiger charge is -2.08. The van der Waals surface area contributed by atoms with Crippen LogP contribution in [0.25, 0.3) is 0 Å². The van der Waals surface area contributed by atoms with Crippen molar-refractivity contribution in [3.05, 3.63) is 62.6 Å². The Morgan fingerprint density at radius 2 is 1.88 bits per heavy atom. The Morgan fingerprint density at radius 1 is 1.20 bits per heavy atom. The van der Waals surface area contributed by atoms with E-state index in [0.29, 0.717) is 0 Å². The van der Waals surface area contributed by atoms with Gasteiger partial charge in [-0.1, -0.05) is 15.9 Å². The van der Waals surface area contributed by atoms with Gasteiger partial charge >= 0.3 is 5.97 Å². The normalized spacial score (nSPS) is 10.0. The molecule has 2 rings (SSSR count). The molecule has 0 aliphatic carbocycles. The molecule has 8 nitrogen and oxygen atoms in total. The van der Waals surface area contributed by atoms with E-state index in [9.17, 15) is 19.7 Å². The average Bonchev–Trinajstić information content (AvgIpc) is 2.60. The van der Waals surface area contributed by atoms with Crippen LogP contribution in [-0.4, -0.2) is 30.5 Å². The molecule has 0 saturated carbocycles. The number of nitro groups is 1. The van der Waals surface area contributed by atoms with Crippen molar-refractivity contribution in [1.82, 2.24) is 0 Å². The van der Waals surface area contributed by atoms with Gasteiger partial charge in [0.15, 0.2) is 6.61 Å². The number of carbonyl (C=O) groups is 2. The molecule has 0 spiro atoms. The maximum atomic E-state index is 11.9. The van der Waals surface area contributed by atoms with Crippen molar-refractivity contribution in [3.8, 4) is 5.75 Å². The van der Waals surface area contributed by atoms with Crippen molar-refractivity contribution in [3.63, 3.8) is 0 Å². The fourth-order valence-corrected chi connectivity index (χ4v) is 2.15. The van der Waals surface area contributed by atoms with Crippen LogP contribution in [0.1, 0.15) is 10.4 Å². The van der Waals surface area contributed by atoms with Crippen LogP contribution in [0.15, 0.2) is 46.9 Å². The summed E-state index contributed by atoms with van der Waals surface area (Å²) in [5.41, 5.74) is -0.0612. The molecule has 130 valence electrons. The molecule has 0 unspecified atom stereocenters. The van der Waals surface area contributed by atoms with Crippen molar-refractivity contribution >= 4 is 39.2 Å². The number of methoxy groups -OCH3 is 1. The largest absolute Gasteiger partial charge is 0.496 e. The second-order valence-electron chi connectivity index (χ2n) is 4.77. The van der Waals surface area contributed by atoms with Gasteiger partial charge in [-0.15, -0.1) is 0 Å². The molecule has 0 aromatic heterocycles. The van der Waals surface area contributed by atoms with Gasteiger partial charge in [0.2, 0.25) is 0 Å². The minimum atomic E-state index is -0.696. The number of amides is 1. The predicted octanol–water partition coefficient (Wildman–Crippen LogP) is 3.16. The van der Waals surface area contributed by atoms with E-state index in [0.717, 1.165) is 4.47 Å². The molecule has 0 radical (unpaired) electrons. The molecule has 2 aromatic rings. The molecule has 0 heterocycles. The van der Waals surface area contributed by atoms with Crippen molar-refractivity contribution in [2.75, 3.05) is 19.0 Å². The van der Waals surface area contributed by atoms with Gasteiger partial charge in [-0.3, -0.25) is 14.9 Å². The number of halogens is 1. The number of nitrogens with one attached hydrogen (secondary N) is 1. The van der Waals surface area contributed by atoms with Crippen LogP contribution < -0.4 is 10.1 Å². The van der Waals surface area contributed by atoms with Crippen molar-refractivity contribution in [2.24, 2.45) is 0 Å². The Morgan fingerprint density at radius 3 is 2.48 bits per heavy atom. The number of hydrogen-bond acceptors (Lipinski definition) is 6. The zero-order chi connectivity index (χ0) is 18.4. The van der Waals surface area contributed by atoms with Gasteiger partial charge in [-0.05, 0) is 36.4 Å². The molecule has 25 heavy (non-hydrogen) atoms. The van der Waals surface area contributed by atoms with Gasteiger partial charge in [0.25, 0.3) is 11.6 Å². The molecule has 0 bridgehead atoms. The lowest BCUT2D eigenvalue weighted by Crippen LogP contribution is -2.21. The predicted molar refractivity (Wildman–Crippen MR) is 92.7 cm³/mol. The molecule has 0 aliphatic heterocycles. The van der Waals surface area contributed by atoms with E-state index >= 15 is 0 Å². The lowest BCUT2D eigenvalue weighted by molar-refractivity contribution is -0.384. The summed E-state index contributed by atoms with van der Waals surface area (Å²) in [5.74, 6) is -1.09. The SMILES string of the molecule is COc1ccc(NC(=O)COC(=O)c2ccc(Br)cc2)c([N+](=O)[O-])c1. The van der Waals surface area contributed by atoms with Crippen molar-refractivity contribution in [2.45, 2.75) is 0 Å². The minimum Gasteiger partial charge on any atom is -0.496 e. The molecule has 1 amide bonds. The number of benzene rings is 2. The first-order valence-electron chi connectivity index (χ1n) is 6.95. The molecule has 0 atom stereocenters. The van der Waals surface area contributed by atoms with Gasteiger partial charge in [-0.25, -0.2) is 4.79 Å². The zero-order valence-corrected chi connectivity index (χ0v) is 14.6. The molecule has 0 saturated heterocycles. The van der Waals surface area contributed by atoms with Crippen molar-refractivity contribution in [1.29, 1.82) is 0 Å². The Hall–Kier alpha value is -2.94. The standard InChI is InChI=1S/C16H13BrN2O6/c1-24-12-6-7-13(14(8-12)19(22)23)18-15(20)9-25-16(21)10-2-4-11(17)5-3-10/h2-8H,9H2,1H3,(H,18,20). The quantitative estimate of drug-likeness (QED) is 0.446. The molecular weight excluding hydrogens is 396 g/mol. The van der Waals surface area contributed by atoms with Crippen molar-refractivity contribution < 1.29 is 24.0 Å². The minimum absolute atomic E-state index is 0.0181. The van der Waals surface area contributed by atoms with Crippen LogP contribution in [0, 0.1) is 10.1 Å². The monoisotopic (exact) mass is 408 g/mol. The highest BCUT2D eigenvalue weighted by Crippen LogP contribution is 2.28. The summed E-state index contributed by atoms with van der Waals surface area (Å²) in [6.45, 7) is -0.571. The molecular formula is C16H13BrN2O6. The fraction of sp³-hybridized carbons (Fsp3) is 0.125. The van der Waals surface area contributed by atoms with Crippen LogP contribution in [0.4, 0.5) is 11.4 Å². The third-order valence-electron chi connectivity index (χ3n) is 3.09. The Kier molecular flexibility index (Phi) is 6.07. The highest BCUT2D eigenvalue weighted by atomic mass is 79.9. The first-order valence-corrected chi connectivity index (χ1v) is 7.75. The number of esters is 1. The van der Waals surface area contributed by atoms with Gasteiger partial charge in [0, 0.05) is 4.47 Å². The third kappa shape index (κ3) is 5.01. The summed E-state index contributed by atoms with van der Waals surface area (Å²) in [6, 6.07) is 10.4. The smallest absolute Gasteiger partial charge is 0.338 e. The summed E-state index contributed by atoms with van der Waals surface area (Å²) in [5, 5.41) is 13.4. The van der Waals surface area contributed by atoms with E-state index in [2.05, 4.69) is 21.2 Å². The van der Waals surface area contributed by atoms with E-state index < -0.39 is 23.4 Å². The van der Waals surface area contributed by atoms with Crippen LogP contribution in [0.2, 0.25) is 0 Å². The number of rotatable bonds is 6. The zero-order valence-electron chi connectivity index (χ0n) is 13.0. The molecule has 0 aliphatic rings. The maximum absolute atomic E-state index is 11.9. The lowest BCUT2D eigenvalue weighted by atomic mass is 10.2. The van der Waals surface area contributed by atoms with E-state index in [1.165, 1.54) is 25.3 Å². The van der Waals surface area contributed by atoms with Gasteiger partial charge in [-0.2, -0.15) is 0 Å². The summed E-state index contributed by atoms with van der Waals surface area (Å²) in [6.07, 6.45) is 0. The first kappa shape index (κ1) is 18.4.